The van der Waals surface area contributed by atoms with E-state index in [4.69, 9.17) is 0 Å². The van der Waals surface area contributed by atoms with Gasteiger partial charge in [-0.2, -0.15) is 4.57 Å². The third-order valence-corrected chi connectivity index (χ3v) is 8.96. The van der Waals surface area contributed by atoms with Crippen LogP contribution in [0.3, 0.4) is 0 Å². The Morgan fingerprint density at radius 2 is 1.88 bits per heavy atom. The molecule has 1 aliphatic heterocycles. The van der Waals surface area contributed by atoms with Gasteiger partial charge in [-0.3, -0.25) is 9.36 Å². The summed E-state index contributed by atoms with van der Waals surface area (Å²) in [5, 5.41) is 1.99. The number of halogens is 2. The Kier molecular flexibility index (Phi) is 6.81. The van der Waals surface area contributed by atoms with Crippen LogP contribution in [-0.4, -0.2) is 11.6 Å². The van der Waals surface area contributed by atoms with Crippen molar-refractivity contribution < 1.29 is 21.4 Å². The zero-order valence-electron chi connectivity index (χ0n) is 18.2. The van der Waals surface area contributed by atoms with Crippen molar-refractivity contribution >= 4 is 62.5 Å². The van der Waals surface area contributed by atoms with Crippen molar-refractivity contribution in [1.29, 1.82) is 0 Å². The lowest BCUT2D eigenvalue weighted by molar-refractivity contribution is -0.642. The highest BCUT2D eigenvalue weighted by atomic mass is 35.5. The highest BCUT2D eigenvalue weighted by Gasteiger charge is 2.24. The minimum atomic E-state index is -0.222. The molecule has 0 unspecified atom stereocenters. The van der Waals surface area contributed by atoms with Gasteiger partial charge >= 0.3 is 0 Å². The number of nitrogens with zero attached hydrogens (tertiary/aromatic N) is 3. The van der Waals surface area contributed by atoms with Crippen LogP contribution in [0.25, 0.3) is 22.4 Å². The first-order valence-electron chi connectivity index (χ1n) is 10.2. The number of aryl methyl sites for hydroxylation is 1. The van der Waals surface area contributed by atoms with E-state index in [9.17, 15) is 9.18 Å². The van der Waals surface area contributed by atoms with E-state index in [1.807, 2.05) is 56.3 Å². The van der Waals surface area contributed by atoms with E-state index in [-0.39, 0.29) is 23.8 Å². The molecule has 0 N–H and O–H groups in total. The summed E-state index contributed by atoms with van der Waals surface area (Å²) in [6.45, 7) is 2.59. The summed E-state index contributed by atoms with van der Waals surface area (Å²) < 4.78 is 20.9. The molecule has 2 aromatic carbocycles. The fourth-order valence-electron chi connectivity index (χ4n) is 3.76. The van der Waals surface area contributed by atoms with E-state index in [2.05, 4.69) is 22.8 Å². The number of para-hydroxylation sites is 1. The van der Waals surface area contributed by atoms with Gasteiger partial charge in [0.15, 0.2) is 0 Å². The van der Waals surface area contributed by atoms with Gasteiger partial charge in [0.25, 0.3) is 10.6 Å². The molecule has 0 saturated heterocycles. The molecule has 2 aromatic heterocycles. The first kappa shape index (κ1) is 23.8. The van der Waals surface area contributed by atoms with E-state index in [0.29, 0.717) is 16.0 Å². The Labute approximate surface area is 209 Å². The van der Waals surface area contributed by atoms with Gasteiger partial charge in [0.2, 0.25) is 5.52 Å². The molecule has 170 valence electrons. The van der Waals surface area contributed by atoms with Gasteiger partial charge in [-0.25, -0.2) is 4.39 Å². The molecule has 0 amide bonds. The number of anilines is 1. The van der Waals surface area contributed by atoms with Crippen molar-refractivity contribution in [3.8, 4) is 0 Å². The molecule has 0 radical (unpaired) electrons. The predicted molar refractivity (Wildman–Crippen MR) is 133 cm³/mol. The van der Waals surface area contributed by atoms with Crippen molar-refractivity contribution in [2.45, 2.75) is 18.4 Å². The van der Waals surface area contributed by atoms with Crippen LogP contribution < -0.4 is 36.6 Å². The van der Waals surface area contributed by atoms with E-state index in [1.54, 1.807) is 22.0 Å². The molecule has 9 heteroatoms. The van der Waals surface area contributed by atoms with Gasteiger partial charge in [0, 0.05) is 19.7 Å². The molecule has 5 rings (SSSR count). The van der Waals surface area contributed by atoms with Gasteiger partial charge in [-0.05, 0) is 37.3 Å². The van der Waals surface area contributed by atoms with E-state index >= 15 is 0 Å². The molecule has 1 aliphatic rings. The second kappa shape index (κ2) is 9.46. The van der Waals surface area contributed by atoms with Crippen LogP contribution >= 0.6 is 34.4 Å². The molecule has 4 nitrogen and oxygen atoms in total. The summed E-state index contributed by atoms with van der Waals surface area (Å²) in [6.07, 6.45) is 5.84. The van der Waals surface area contributed by atoms with Crippen LogP contribution in [0.1, 0.15) is 11.9 Å². The monoisotopic (exact) mass is 517 g/mol. The summed E-state index contributed by atoms with van der Waals surface area (Å²) in [5.74, 6) is -0.222. The predicted octanol–water partition coefficient (Wildman–Crippen LogP) is 0.805. The Bertz CT molecular complexity index is 1570. The fraction of sp³-hybridized carbons (Fsp3) is 0.167. The molecule has 0 saturated carbocycles. The third-order valence-electron chi connectivity index (χ3n) is 5.49. The lowest BCUT2D eigenvalue weighted by Gasteiger charge is -2.12. The standard InChI is InChI=1S/C24H21FN3OS3.ClH/c1-4-28-22(14-21-26(2)16-9-5-6-11-18(16)30-21)31-19(24(28)29)12-13-20-27(3)17-10-7-8-15(25)23(17)32-20;/h5-14H,4H2,1-3H3;1H/q+1;/p-1/b19-12-,20-13-;. The third kappa shape index (κ3) is 4.17. The Balaban J connectivity index is 0.00000259. The summed E-state index contributed by atoms with van der Waals surface area (Å²) >= 11 is 4.58. The minimum absolute atomic E-state index is 0. The number of aromatic nitrogens is 2. The van der Waals surface area contributed by atoms with E-state index in [0.717, 1.165) is 20.4 Å². The quantitative estimate of drug-likeness (QED) is 0.377. The molecule has 0 aliphatic carbocycles. The molecule has 33 heavy (non-hydrogen) atoms. The van der Waals surface area contributed by atoms with Crippen LogP contribution in [0.5, 0.6) is 0 Å². The van der Waals surface area contributed by atoms with Gasteiger partial charge in [-0.1, -0.05) is 41.3 Å². The van der Waals surface area contributed by atoms with Crippen molar-refractivity contribution in [2.24, 2.45) is 7.05 Å². The average Bonchev–Trinajstić information content (AvgIpc) is 3.40. The molecule has 0 fully saturated rings. The SMILES string of the molecule is CCn1c(=O)/c(=C/C=C2\Sc3c(F)cccc3N2C)s/c1=C\c1sc2ccccc2[n+]1C.[Cl-]. The Hall–Kier alpha value is -2.39. The van der Waals surface area contributed by atoms with Crippen LogP contribution in [0.4, 0.5) is 10.1 Å². The van der Waals surface area contributed by atoms with Gasteiger partial charge in [-0.15, -0.1) is 11.3 Å². The van der Waals surface area contributed by atoms with Gasteiger partial charge in [0.1, 0.15) is 22.2 Å². The zero-order valence-corrected chi connectivity index (χ0v) is 21.4. The lowest BCUT2D eigenvalue weighted by Crippen LogP contribution is -3.00. The zero-order chi connectivity index (χ0) is 22.4. The number of benzene rings is 2. The molecule has 0 spiro atoms. The minimum Gasteiger partial charge on any atom is -1.00 e. The number of hydrogen-bond acceptors (Lipinski definition) is 5. The molecular formula is C24H21ClFN3OS3. The number of allylic oxidation sites excluding steroid dienone is 1. The van der Waals surface area contributed by atoms with Crippen molar-refractivity contribution in [3.05, 3.63) is 83.9 Å². The van der Waals surface area contributed by atoms with Crippen LogP contribution in [0, 0.1) is 5.82 Å². The smallest absolute Gasteiger partial charge is 0.269 e. The average molecular weight is 518 g/mol. The number of hydrogen-bond donors (Lipinski definition) is 0. The van der Waals surface area contributed by atoms with E-state index < -0.39 is 0 Å². The maximum absolute atomic E-state index is 14.1. The second-order valence-electron chi connectivity index (χ2n) is 7.39. The molecule has 0 bridgehead atoms. The summed E-state index contributed by atoms with van der Waals surface area (Å²) in [6, 6.07) is 13.4. The number of thioether (sulfide) groups is 1. The van der Waals surface area contributed by atoms with Gasteiger partial charge in [0.05, 0.1) is 26.2 Å². The van der Waals surface area contributed by atoms with Crippen LogP contribution in [0.2, 0.25) is 0 Å². The van der Waals surface area contributed by atoms with Crippen molar-refractivity contribution in [1.82, 2.24) is 4.57 Å². The lowest BCUT2D eigenvalue weighted by atomic mass is 10.3. The largest absolute Gasteiger partial charge is 1.00 e. The highest BCUT2D eigenvalue weighted by molar-refractivity contribution is 8.03. The molecular weight excluding hydrogens is 497 g/mol. The van der Waals surface area contributed by atoms with E-state index in [1.165, 1.54) is 39.4 Å². The Morgan fingerprint density at radius 1 is 1.09 bits per heavy atom. The number of rotatable bonds is 3. The summed E-state index contributed by atoms with van der Waals surface area (Å²) in [7, 11) is 3.96. The van der Waals surface area contributed by atoms with Crippen molar-refractivity contribution in [3.63, 3.8) is 0 Å². The number of fused-ring (bicyclic) bond motifs is 2. The molecule has 4 aromatic rings. The van der Waals surface area contributed by atoms with Crippen molar-refractivity contribution in [2.75, 3.05) is 11.9 Å². The molecule has 0 atom stereocenters. The van der Waals surface area contributed by atoms with Crippen LogP contribution in [-0.2, 0) is 13.6 Å². The normalized spacial score (nSPS) is 15.5. The first-order valence-corrected chi connectivity index (χ1v) is 12.6. The first-order chi connectivity index (χ1) is 15.5. The summed E-state index contributed by atoms with van der Waals surface area (Å²) in [5.41, 5.74) is 2.02. The molecule has 3 heterocycles. The maximum atomic E-state index is 14.1. The van der Waals surface area contributed by atoms with Crippen LogP contribution in [0.15, 0.2) is 63.3 Å². The number of thiazole rings is 2. The van der Waals surface area contributed by atoms with Gasteiger partial charge < -0.3 is 17.3 Å². The maximum Gasteiger partial charge on any atom is 0.269 e. The highest BCUT2D eigenvalue weighted by Crippen LogP contribution is 2.46. The fourth-order valence-corrected chi connectivity index (χ4v) is 7.03. The Morgan fingerprint density at radius 3 is 2.61 bits per heavy atom. The summed E-state index contributed by atoms with van der Waals surface area (Å²) in [4.78, 5) is 15.6. The second-order valence-corrected chi connectivity index (χ2v) is 10.5. The topological polar surface area (TPSA) is 29.1 Å².